The molecule has 0 rings (SSSR count). The fourth-order valence-corrected chi connectivity index (χ4v) is 0.215. The zero-order valence-corrected chi connectivity index (χ0v) is 6.35. The second-order valence-electron chi connectivity index (χ2n) is 1.92. The molecule has 0 saturated heterocycles. The Morgan fingerprint density at radius 1 is 1.82 bits per heavy atom. The Labute approximate surface area is 63.5 Å². The Kier molecular flexibility index (Phi) is 3.71. The van der Waals surface area contributed by atoms with Crippen molar-refractivity contribution in [2.45, 2.75) is 0 Å². The first-order valence-corrected chi connectivity index (χ1v) is 2.79. The molecule has 64 valence electrons. The Bertz CT molecular complexity index is 167. The van der Waals surface area contributed by atoms with Gasteiger partial charge in [0.1, 0.15) is 0 Å². The van der Waals surface area contributed by atoms with Crippen LogP contribution >= 0.6 is 0 Å². The Morgan fingerprint density at radius 3 is 2.73 bits per heavy atom. The highest BCUT2D eigenvalue weighted by atomic mass is 16.7. The van der Waals surface area contributed by atoms with Crippen LogP contribution in [-0.4, -0.2) is 36.6 Å². The van der Waals surface area contributed by atoms with Gasteiger partial charge in [-0.05, 0) is 0 Å². The van der Waals surface area contributed by atoms with E-state index in [2.05, 4.69) is 10.1 Å². The van der Waals surface area contributed by atoms with E-state index in [1.165, 1.54) is 14.1 Å². The molecule has 0 aromatic carbocycles. The van der Waals surface area contributed by atoms with E-state index in [4.69, 9.17) is 5.73 Å². The second-order valence-corrected chi connectivity index (χ2v) is 1.92. The van der Waals surface area contributed by atoms with Gasteiger partial charge >= 0.3 is 0 Å². The van der Waals surface area contributed by atoms with Crippen molar-refractivity contribution in [2.24, 2.45) is 11.0 Å². The molecule has 0 aromatic rings. The normalized spacial score (nSPS) is 10.9. The highest BCUT2D eigenvalue weighted by Gasteiger charge is 1.98. The summed E-state index contributed by atoms with van der Waals surface area (Å²) in [5.74, 6) is -0.680. The standard InChI is InChI=1S/C4H10N4O3/c1-7(2)8(10)6-11-3-4(5)9/h3H2,1-2H3,(H2,5,9). The summed E-state index contributed by atoms with van der Waals surface area (Å²) in [7, 11) is 2.95. The van der Waals surface area contributed by atoms with Crippen molar-refractivity contribution < 1.29 is 14.6 Å². The first kappa shape index (κ1) is 9.47. The summed E-state index contributed by atoms with van der Waals surface area (Å²) in [5.41, 5.74) is 4.70. The molecule has 0 saturated carbocycles. The van der Waals surface area contributed by atoms with Crippen molar-refractivity contribution in [3.8, 4) is 0 Å². The number of primary amides is 1. The van der Waals surface area contributed by atoms with Gasteiger partial charge in [0.15, 0.2) is 0 Å². The quantitative estimate of drug-likeness (QED) is 0.320. The van der Waals surface area contributed by atoms with E-state index in [1.54, 1.807) is 0 Å². The first-order chi connectivity index (χ1) is 5.04. The number of amides is 1. The molecular weight excluding hydrogens is 152 g/mol. The molecule has 0 aliphatic rings. The van der Waals surface area contributed by atoms with Crippen LogP contribution in [0.4, 0.5) is 0 Å². The van der Waals surface area contributed by atoms with Gasteiger partial charge in [0, 0.05) is 0 Å². The molecule has 0 unspecified atom stereocenters. The lowest BCUT2D eigenvalue weighted by Gasteiger charge is -2.04. The van der Waals surface area contributed by atoms with Crippen LogP contribution in [-0.2, 0) is 9.63 Å². The van der Waals surface area contributed by atoms with Gasteiger partial charge in [0.25, 0.3) is 5.91 Å². The average molecular weight is 162 g/mol. The number of hydrogen-bond acceptors (Lipinski definition) is 4. The van der Waals surface area contributed by atoms with Crippen molar-refractivity contribution in [3.63, 3.8) is 0 Å². The van der Waals surface area contributed by atoms with Crippen molar-refractivity contribution >= 4 is 5.91 Å². The molecule has 0 aliphatic carbocycles. The lowest BCUT2D eigenvalue weighted by Crippen LogP contribution is -2.22. The zero-order valence-electron chi connectivity index (χ0n) is 6.35. The SMILES string of the molecule is CN(C)[N+]([O-])=NOCC(N)=O. The number of carbonyl (C=O) groups is 1. The van der Waals surface area contributed by atoms with Gasteiger partial charge in [-0.3, -0.25) is 4.79 Å². The van der Waals surface area contributed by atoms with Crippen molar-refractivity contribution in [3.05, 3.63) is 5.21 Å². The molecule has 1 amide bonds. The molecule has 0 spiro atoms. The van der Waals surface area contributed by atoms with Crippen LogP contribution in [0.2, 0.25) is 0 Å². The molecule has 0 fully saturated rings. The molecule has 0 aliphatic heterocycles. The lowest BCUT2D eigenvalue weighted by molar-refractivity contribution is -0.699. The Balaban J connectivity index is 3.65. The second kappa shape index (κ2) is 4.31. The smallest absolute Gasteiger partial charge is 0.258 e. The summed E-state index contributed by atoms with van der Waals surface area (Å²) < 4.78 is 0. The van der Waals surface area contributed by atoms with Crippen LogP contribution in [0.5, 0.6) is 0 Å². The van der Waals surface area contributed by atoms with E-state index >= 15 is 0 Å². The third kappa shape index (κ3) is 4.94. The topological polar surface area (TPSA) is 94.0 Å². The zero-order chi connectivity index (χ0) is 8.85. The predicted molar refractivity (Wildman–Crippen MR) is 34.9 cm³/mol. The van der Waals surface area contributed by atoms with E-state index in [1.807, 2.05) is 0 Å². The third-order valence-electron chi connectivity index (χ3n) is 0.677. The summed E-state index contributed by atoms with van der Waals surface area (Å²) in [6.07, 6.45) is 0. The highest BCUT2D eigenvalue weighted by molar-refractivity contribution is 5.74. The van der Waals surface area contributed by atoms with E-state index in [-0.39, 0.29) is 4.97 Å². The molecule has 11 heavy (non-hydrogen) atoms. The number of carbonyl (C=O) groups excluding carboxylic acids is 1. The molecule has 0 heterocycles. The van der Waals surface area contributed by atoms with Crippen molar-refractivity contribution in [2.75, 3.05) is 20.7 Å². The monoisotopic (exact) mass is 162 g/mol. The number of nitrogens with two attached hydrogens (primary N) is 1. The molecular formula is C4H10N4O3. The Morgan fingerprint density at radius 2 is 2.36 bits per heavy atom. The van der Waals surface area contributed by atoms with Crippen LogP contribution in [0.15, 0.2) is 5.28 Å². The number of rotatable bonds is 4. The number of nitrogens with zero attached hydrogens (tertiary/aromatic N) is 3. The van der Waals surface area contributed by atoms with Crippen molar-refractivity contribution in [1.82, 2.24) is 5.01 Å². The predicted octanol–water partition coefficient (Wildman–Crippen LogP) is -1.16. The summed E-state index contributed by atoms with van der Waals surface area (Å²) in [6, 6.07) is 0. The third-order valence-corrected chi connectivity index (χ3v) is 0.677. The lowest BCUT2D eigenvalue weighted by atomic mass is 10.7. The first-order valence-electron chi connectivity index (χ1n) is 2.79. The van der Waals surface area contributed by atoms with Gasteiger partial charge in [0.2, 0.25) is 11.9 Å². The highest BCUT2D eigenvalue weighted by Crippen LogP contribution is 1.81. The molecule has 0 radical (unpaired) electrons. The van der Waals surface area contributed by atoms with E-state index in [0.717, 1.165) is 5.01 Å². The maximum absolute atomic E-state index is 10.5. The maximum Gasteiger partial charge on any atom is 0.258 e. The summed E-state index contributed by atoms with van der Waals surface area (Å²) in [4.78, 5) is 14.5. The van der Waals surface area contributed by atoms with Gasteiger partial charge in [-0.1, -0.05) is 0 Å². The van der Waals surface area contributed by atoms with Crippen LogP contribution in [0.1, 0.15) is 0 Å². The van der Waals surface area contributed by atoms with E-state index < -0.39 is 12.5 Å². The van der Waals surface area contributed by atoms with Crippen LogP contribution < -0.4 is 5.73 Å². The van der Waals surface area contributed by atoms with Crippen molar-refractivity contribution in [1.29, 1.82) is 0 Å². The van der Waals surface area contributed by atoms with Gasteiger partial charge in [0.05, 0.1) is 19.1 Å². The molecule has 0 bridgehead atoms. The van der Waals surface area contributed by atoms with Gasteiger partial charge < -0.3 is 15.8 Å². The minimum Gasteiger partial charge on any atom is -0.569 e. The van der Waals surface area contributed by atoms with Crippen LogP contribution in [0.25, 0.3) is 0 Å². The molecule has 2 N–H and O–H groups in total. The van der Waals surface area contributed by atoms with Crippen LogP contribution in [0, 0.1) is 5.21 Å². The summed E-state index contributed by atoms with van der Waals surface area (Å²) in [5, 5.41) is 14.6. The van der Waals surface area contributed by atoms with E-state index in [9.17, 15) is 10.0 Å². The molecule has 7 heteroatoms. The number of hydrogen-bond donors (Lipinski definition) is 1. The fraction of sp³-hybridized carbons (Fsp3) is 0.750. The van der Waals surface area contributed by atoms with Gasteiger partial charge in [-0.25, -0.2) is 0 Å². The Hall–Kier alpha value is -1.53. The minimum atomic E-state index is -0.680. The minimum absolute atomic E-state index is 0.183. The molecule has 0 aromatic heterocycles. The fourth-order valence-electron chi connectivity index (χ4n) is 0.215. The molecule has 7 nitrogen and oxygen atoms in total. The summed E-state index contributed by atoms with van der Waals surface area (Å²) in [6.45, 7) is -0.396. The number of hydrazine groups is 1. The van der Waals surface area contributed by atoms with E-state index in [0.29, 0.717) is 0 Å². The van der Waals surface area contributed by atoms with Crippen LogP contribution in [0.3, 0.4) is 0 Å². The average Bonchev–Trinajstić information content (AvgIpc) is 1.86. The largest absolute Gasteiger partial charge is 0.569 e. The van der Waals surface area contributed by atoms with Gasteiger partial charge in [-0.2, -0.15) is 5.01 Å². The summed E-state index contributed by atoms with van der Waals surface area (Å²) >= 11 is 0. The molecule has 0 atom stereocenters. The maximum atomic E-state index is 10.5. The van der Waals surface area contributed by atoms with Gasteiger partial charge in [-0.15, -0.1) is 0 Å².